The Morgan fingerprint density at radius 3 is 2.80 bits per heavy atom. The van der Waals surface area contributed by atoms with Gasteiger partial charge in [0.2, 0.25) is 0 Å². The molecule has 1 saturated heterocycles. The summed E-state index contributed by atoms with van der Waals surface area (Å²) in [6, 6.07) is -0.265. The minimum absolute atomic E-state index is 0.237. The van der Waals surface area contributed by atoms with Gasteiger partial charge in [0.15, 0.2) is 0 Å². The fraction of sp³-hybridized carbons (Fsp3) is 0.833. The molecule has 1 aliphatic rings. The summed E-state index contributed by atoms with van der Waals surface area (Å²) in [6.07, 6.45) is 1.13. The smallest absolute Gasteiger partial charge is 0.137 e. The SMILES string of the molecule is NC1CC(O)CC(C=O)N1. The number of aldehydes is 1. The van der Waals surface area contributed by atoms with Crippen LogP contribution in [-0.2, 0) is 4.79 Å². The molecule has 3 unspecified atom stereocenters. The highest BCUT2D eigenvalue weighted by Gasteiger charge is 2.23. The zero-order valence-electron chi connectivity index (χ0n) is 5.66. The number of carbonyl (C=O) groups excluding carboxylic acids is 1. The molecule has 1 aliphatic heterocycles. The van der Waals surface area contributed by atoms with E-state index in [2.05, 4.69) is 5.32 Å². The maximum Gasteiger partial charge on any atom is 0.137 e. The van der Waals surface area contributed by atoms with Gasteiger partial charge < -0.3 is 15.6 Å². The van der Waals surface area contributed by atoms with Crippen LogP contribution in [0.1, 0.15) is 12.8 Å². The predicted octanol–water partition coefficient (Wildman–Crippen LogP) is -1.42. The van der Waals surface area contributed by atoms with E-state index in [1.807, 2.05) is 0 Å². The number of nitrogens with one attached hydrogen (secondary N) is 1. The van der Waals surface area contributed by atoms with Crippen molar-refractivity contribution in [2.75, 3.05) is 0 Å². The van der Waals surface area contributed by atoms with Crippen LogP contribution in [0.3, 0.4) is 0 Å². The molecule has 0 aromatic heterocycles. The normalized spacial score (nSPS) is 41.2. The number of nitrogens with two attached hydrogens (primary N) is 1. The molecule has 0 aromatic rings. The number of hydrogen-bond acceptors (Lipinski definition) is 4. The molecule has 0 aromatic carbocycles. The van der Waals surface area contributed by atoms with E-state index >= 15 is 0 Å². The monoisotopic (exact) mass is 144 g/mol. The highest BCUT2D eigenvalue weighted by Crippen LogP contribution is 2.08. The molecular formula is C6H12N2O2. The van der Waals surface area contributed by atoms with Crippen LogP contribution in [-0.4, -0.2) is 29.7 Å². The molecule has 1 heterocycles. The average Bonchev–Trinajstić information content (AvgIpc) is 1.85. The number of hydrogen-bond donors (Lipinski definition) is 3. The quantitative estimate of drug-likeness (QED) is 0.395. The third-order valence-electron chi connectivity index (χ3n) is 1.64. The molecule has 4 N–H and O–H groups in total. The predicted molar refractivity (Wildman–Crippen MR) is 36.2 cm³/mol. The fourth-order valence-corrected chi connectivity index (χ4v) is 1.19. The van der Waals surface area contributed by atoms with E-state index in [0.717, 1.165) is 6.29 Å². The Balaban J connectivity index is 2.42. The molecule has 0 spiro atoms. The number of piperidine rings is 1. The maximum absolute atomic E-state index is 10.2. The minimum Gasteiger partial charge on any atom is -0.393 e. The maximum atomic E-state index is 10.2. The van der Waals surface area contributed by atoms with Crippen molar-refractivity contribution in [3.63, 3.8) is 0 Å². The van der Waals surface area contributed by atoms with Crippen molar-refractivity contribution < 1.29 is 9.90 Å². The van der Waals surface area contributed by atoms with Crippen LogP contribution >= 0.6 is 0 Å². The van der Waals surface area contributed by atoms with Gasteiger partial charge in [-0.05, 0) is 6.42 Å². The molecule has 0 amide bonds. The highest BCUT2D eigenvalue weighted by atomic mass is 16.3. The van der Waals surface area contributed by atoms with Crippen molar-refractivity contribution in [2.45, 2.75) is 31.2 Å². The third kappa shape index (κ3) is 1.76. The number of aliphatic hydroxyl groups excluding tert-OH is 1. The van der Waals surface area contributed by atoms with E-state index in [1.165, 1.54) is 0 Å². The Morgan fingerprint density at radius 2 is 2.30 bits per heavy atom. The number of aliphatic hydroxyl groups is 1. The largest absolute Gasteiger partial charge is 0.393 e. The zero-order valence-corrected chi connectivity index (χ0v) is 5.66. The van der Waals surface area contributed by atoms with Crippen LogP contribution in [0.5, 0.6) is 0 Å². The van der Waals surface area contributed by atoms with Gasteiger partial charge in [0.05, 0.1) is 18.3 Å². The number of carbonyl (C=O) groups is 1. The second kappa shape index (κ2) is 3.09. The summed E-state index contributed by atoms with van der Waals surface area (Å²) in [5.74, 6) is 0. The Bertz CT molecular complexity index is 119. The molecule has 4 nitrogen and oxygen atoms in total. The molecule has 0 aliphatic carbocycles. The fourth-order valence-electron chi connectivity index (χ4n) is 1.19. The lowest BCUT2D eigenvalue weighted by Gasteiger charge is -2.28. The van der Waals surface area contributed by atoms with E-state index < -0.39 is 6.10 Å². The van der Waals surface area contributed by atoms with Crippen LogP contribution in [0.15, 0.2) is 0 Å². The third-order valence-corrected chi connectivity index (χ3v) is 1.64. The lowest BCUT2D eigenvalue weighted by atomic mass is 10.0. The van der Waals surface area contributed by atoms with Crippen LogP contribution in [0.2, 0.25) is 0 Å². The minimum atomic E-state index is -0.425. The van der Waals surface area contributed by atoms with Crippen molar-refractivity contribution in [1.29, 1.82) is 0 Å². The molecule has 10 heavy (non-hydrogen) atoms. The lowest BCUT2D eigenvalue weighted by molar-refractivity contribution is -0.111. The van der Waals surface area contributed by atoms with Crippen molar-refractivity contribution in [3.05, 3.63) is 0 Å². The molecule has 1 fully saturated rings. The summed E-state index contributed by atoms with van der Waals surface area (Å²) >= 11 is 0. The van der Waals surface area contributed by atoms with E-state index in [-0.39, 0.29) is 12.2 Å². The van der Waals surface area contributed by atoms with Gasteiger partial charge in [0.25, 0.3) is 0 Å². The second-order valence-corrected chi connectivity index (χ2v) is 2.64. The van der Waals surface area contributed by atoms with E-state index in [0.29, 0.717) is 12.8 Å². The molecule has 0 saturated carbocycles. The summed E-state index contributed by atoms with van der Waals surface area (Å²) in [4.78, 5) is 10.2. The first-order valence-corrected chi connectivity index (χ1v) is 3.37. The first-order valence-electron chi connectivity index (χ1n) is 3.37. The van der Waals surface area contributed by atoms with Crippen LogP contribution in [0, 0.1) is 0 Å². The van der Waals surface area contributed by atoms with E-state index in [4.69, 9.17) is 10.8 Å². The van der Waals surface area contributed by atoms with Gasteiger partial charge in [-0.3, -0.25) is 5.32 Å². The van der Waals surface area contributed by atoms with Gasteiger partial charge in [0, 0.05) is 6.42 Å². The molecular weight excluding hydrogens is 132 g/mol. The molecule has 0 bridgehead atoms. The lowest BCUT2D eigenvalue weighted by Crippen LogP contribution is -2.52. The summed E-state index contributed by atoms with van der Waals surface area (Å²) in [5, 5.41) is 11.9. The Morgan fingerprint density at radius 1 is 1.60 bits per heavy atom. The van der Waals surface area contributed by atoms with E-state index in [1.54, 1.807) is 0 Å². The Kier molecular flexibility index (Phi) is 2.37. The van der Waals surface area contributed by atoms with E-state index in [9.17, 15) is 4.79 Å². The first kappa shape index (κ1) is 7.65. The number of rotatable bonds is 1. The molecule has 0 radical (unpaired) electrons. The summed E-state index contributed by atoms with van der Waals surface area (Å²) in [5.41, 5.74) is 5.46. The van der Waals surface area contributed by atoms with Crippen LogP contribution in [0.25, 0.3) is 0 Å². The molecule has 3 atom stereocenters. The van der Waals surface area contributed by atoms with Crippen molar-refractivity contribution in [2.24, 2.45) is 5.73 Å². The molecule has 58 valence electrons. The zero-order chi connectivity index (χ0) is 7.56. The standard InChI is InChI=1S/C6H12N2O2/c7-6-2-5(10)1-4(3-9)8-6/h3-6,8,10H,1-2,7H2. The van der Waals surface area contributed by atoms with Gasteiger partial charge in [0.1, 0.15) is 6.29 Å². The molecule has 1 rings (SSSR count). The Labute approximate surface area is 59.4 Å². The topological polar surface area (TPSA) is 75.3 Å². The van der Waals surface area contributed by atoms with Crippen LogP contribution < -0.4 is 11.1 Å². The molecule has 4 heteroatoms. The van der Waals surface area contributed by atoms with Gasteiger partial charge in [-0.15, -0.1) is 0 Å². The second-order valence-electron chi connectivity index (χ2n) is 2.64. The van der Waals surface area contributed by atoms with Gasteiger partial charge in [-0.2, -0.15) is 0 Å². The Hall–Kier alpha value is -0.450. The van der Waals surface area contributed by atoms with Gasteiger partial charge in [-0.1, -0.05) is 0 Å². The summed E-state index contributed by atoms with van der Waals surface area (Å²) < 4.78 is 0. The average molecular weight is 144 g/mol. The van der Waals surface area contributed by atoms with Crippen LogP contribution in [0.4, 0.5) is 0 Å². The first-order chi connectivity index (χ1) is 4.72. The summed E-state index contributed by atoms with van der Waals surface area (Å²) in [6.45, 7) is 0. The summed E-state index contributed by atoms with van der Waals surface area (Å²) in [7, 11) is 0. The highest BCUT2D eigenvalue weighted by molar-refractivity contribution is 5.57. The van der Waals surface area contributed by atoms with Crippen molar-refractivity contribution in [1.82, 2.24) is 5.32 Å². The van der Waals surface area contributed by atoms with Crippen molar-refractivity contribution >= 4 is 6.29 Å². The van der Waals surface area contributed by atoms with Crippen molar-refractivity contribution in [3.8, 4) is 0 Å². The van der Waals surface area contributed by atoms with Gasteiger partial charge >= 0.3 is 0 Å². The van der Waals surface area contributed by atoms with Gasteiger partial charge in [-0.25, -0.2) is 0 Å².